The van der Waals surface area contributed by atoms with Crippen LogP contribution in [0.2, 0.25) is 0 Å². The summed E-state index contributed by atoms with van der Waals surface area (Å²) in [4.78, 5) is 1.66. The van der Waals surface area contributed by atoms with E-state index in [1.807, 2.05) is 12.1 Å². The van der Waals surface area contributed by atoms with Gasteiger partial charge in [0.05, 0.1) is 0 Å². The Hall–Kier alpha value is -0.930. The van der Waals surface area contributed by atoms with Crippen LogP contribution in [0.1, 0.15) is 57.4 Å². The second kappa shape index (κ2) is 7.24. The van der Waals surface area contributed by atoms with Crippen molar-refractivity contribution < 1.29 is 4.39 Å². The topological polar surface area (TPSA) is 12.0 Å². The van der Waals surface area contributed by atoms with Crippen LogP contribution < -0.4 is 5.32 Å². The third-order valence-electron chi connectivity index (χ3n) is 7.14. The fraction of sp³-hybridized carbons (Fsp3) is 0.609. The summed E-state index contributed by atoms with van der Waals surface area (Å²) in [5, 5.41) is 4.07. The average Bonchev–Trinajstić information content (AvgIpc) is 3.25. The second-order valence-corrected chi connectivity index (χ2v) is 10.8. The van der Waals surface area contributed by atoms with Crippen molar-refractivity contribution in [2.24, 2.45) is 17.8 Å². The van der Waals surface area contributed by atoms with Gasteiger partial charge in [-0.3, -0.25) is 5.32 Å². The van der Waals surface area contributed by atoms with Gasteiger partial charge in [-0.2, -0.15) is 10.5 Å². The zero-order chi connectivity index (χ0) is 18.3. The number of nitrogens with one attached hydrogen (secondary N) is 1. The normalized spacial score (nSPS) is 35.7. The van der Waals surface area contributed by atoms with Gasteiger partial charge in [0.15, 0.2) is 0 Å². The molecule has 1 N–H and O–H groups in total. The first-order chi connectivity index (χ1) is 12.6. The van der Waals surface area contributed by atoms with Gasteiger partial charge in [-0.15, -0.1) is 6.58 Å². The Kier molecular flexibility index (Phi) is 5.13. The number of rotatable bonds is 5. The molecule has 1 aromatic rings. The fourth-order valence-corrected chi connectivity index (χ4v) is 7.19. The van der Waals surface area contributed by atoms with Crippen molar-refractivity contribution in [1.29, 1.82) is 0 Å². The number of benzene rings is 1. The van der Waals surface area contributed by atoms with Crippen molar-refractivity contribution in [2.45, 2.75) is 57.4 Å². The zero-order valence-corrected chi connectivity index (χ0v) is 17.0. The first-order valence-corrected chi connectivity index (χ1v) is 11.9. The maximum atomic E-state index is 13.4. The van der Waals surface area contributed by atoms with Crippen molar-refractivity contribution in [2.75, 3.05) is 11.5 Å². The zero-order valence-electron chi connectivity index (χ0n) is 16.1. The lowest BCUT2D eigenvalue weighted by atomic mass is 9.71. The molecule has 1 unspecified atom stereocenters. The van der Waals surface area contributed by atoms with Crippen molar-refractivity contribution in [3.63, 3.8) is 0 Å². The van der Waals surface area contributed by atoms with E-state index in [1.54, 1.807) is 17.1 Å². The average molecular weight is 374 g/mol. The molecule has 26 heavy (non-hydrogen) atoms. The maximum absolute atomic E-state index is 13.4. The molecule has 1 saturated carbocycles. The van der Waals surface area contributed by atoms with E-state index in [1.165, 1.54) is 49.2 Å². The van der Waals surface area contributed by atoms with Crippen LogP contribution in [0.4, 0.5) is 4.39 Å². The minimum atomic E-state index is -0.136. The van der Waals surface area contributed by atoms with E-state index >= 15 is 0 Å². The van der Waals surface area contributed by atoms with Crippen LogP contribution in [0.5, 0.6) is 0 Å². The van der Waals surface area contributed by atoms with Gasteiger partial charge in [-0.25, -0.2) is 4.39 Å². The van der Waals surface area contributed by atoms with Gasteiger partial charge >= 0.3 is 0 Å². The molecule has 3 fully saturated rings. The van der Waals surface area contributed by atoms with E-state index in [9.17, 15) is 4.39 Å². The van der Waals surface area contributed by atoms with Gasteiger partial charge in [0.2, 0.25) is 0 Å². The molecule has 0 amide bonds. The van der Waals surface area contributed by atoms with Crippen LogP contribution in [-0.4, -0.2) is 22.0 Å². The first kappa shape index (κ1) is 18.4. The monoisotopic (exact) mass is 373 g/mol. The summed E-state index contributed by atoms with van der Waals surface area (Å²) in [6, 6.07) is 7.25. The summed E-state index contributed by atoms with van der Waals surface area (Å²) in [6.45, 7) is 9.05. The Morgan fingerprint density at radius 2 is 2.04 bits per heavy atom. The summed E-state index contributed by atoms with van der Waals surface area (Å²) in [7, 11) is 0.508. The molecule has 1 nitrogen and oxygen atoms in total. The molecule has 2 heterocycles. The molecular formula is C23H32FNS. The molecule has 0 aromatic heterocycles. The number of hydrogen-bond acceptors (Lipinski definition) is 0. The summed E-state index contributed by atoms with van der Waals surface area (Å²) >= 11 is 0. The van der Waals surface area contributed by atoms with Gasteiger partial charge in [-0.05, 0) is 66.2 Å². The van der Waals surface area contributed by atoms with Crippen LogP contribution in [0.15, 0.2) is 36.9 Å². The summed E-state index contributed by atoms with van der Waals surface area (Å²) in [5.41, 5.74) is 1.33. The van der Waals surface area contributed by atoms with E-state index in [0.717, 1.165) is 5.92 Å². The maximum Gasteiger partial charge on any atom is 0.123 e. The fourth-order valence-electron chi connectivity index (χ4n) is 5.34. The molecule has 2 aliphatic heterocycles. The van der Waals surface area contributed by atoms with E-state index < -0.39 is 0 Å². The minimum absolute atomic E-state index is 0.0224. The third kappa shape index (κ3) is 3.22. The standard InChI is InChI=1S/C23H32FNS/c1-4-16(3)20-15-23(5-2,25-22(20)26-13-14-26)21-8-6-7-19(21)17-9-11-18(24)12-10-17/h5,9-12,16,19-21,25H,2,4,6-8,13-15H2,1,3H3/t16?,19-,20-,21+,23+/m0/s1. The lowest BCUT2D eigenvalue weighted by Gasteiger charge is -2.37. The molecule has 142 valence electrons. The van der Waals surface area contributed by atoms with E-state index in [0.29, 0.717) is 28.2 Å². The van der Waals surface area contributed by atoms with Gasteiger partial charge in [0, 0.05) is 16.4 Å². The molecule has 3 aliphatic rings. The van der Waals surface area contributed by atoms with E-state index in [2.05, 4.69) is 31.8 Å². The number of halogens is 1. The Bertz CT molecular complexity index is 703. The highest BCUT2D eigenvalue weighted by Gasteiger charge is 2.51. The van der Waals surface area contributed by atoms with Gasteiger partial charge in [0.25, 0.3) is 0 Å². The molecular weight excluding hydrogens is 341 g/mol. The highest BCUT2D eigenvalue weighted by molar-refractivity contribution is 8.22. The van der Waals surface area contributed by atoms with Gasteiger partial charge in [-0.1, -0.05) is 44.9 Å². The van der Waals surface area contributed by atoms with E-state index in [4.69, 9.17) is 0 Å². The summed E-state index contributed by atoms with van der Waals surface area (Å²) in [5.74, 6) is 5.14. The summed E-state index contributed by atoms with van der Waals surface area (Å²) < 4.78 is 13.4. The molecule has 0 spiro atoms. The SMILES string of the molecule is C=C[C@]1([C@@H]2CCC[C@H]2c2ccc(F)cc2)C[C@@H](C(C)CC)C(=S2CC2)N1. The predicted molar refractivity (Wildman–Crippen MR) is 112 cm³/mol. The Morgan fingerprint density at radius 3 is 2.65 bits per heavy atom. The predicted octanol–water partition coefficient (Wildman–Crippen LogP) is 5.70. The molecule has 0 radical (unpaired) electrons. The quantitative estimate of drug-likeness (QED) is 0.396. The molecule has 1 aromatic carbocycles. The highest BCUT2D eigenvalue weighted by Crippen LogP contribution is 2.52. The van der Waals surface area contributed by atoms with Gasteiger partial charge in [0.1, 0.15) is 5.82 Å². The Morgan fingerprint density at radius 1 is 1.31 bits per heavy atom. The smallest absolute Gasteiger partial charge is 0.123 e. The van der Waals surface area contributed by atoms with Crippen LogP contribution in [0.3, 0.4) is 0 Å². The molecule has 3 heteroatoms. The van der Waals surface area contributed by atoms with Crippen molar-refractivity contribution >= 4 is 15.5 Å². The second-order valence-electron chi connectivity index (χ2n) is 8.53. The lowest BCUT2D eigenvalue weighted by Crippen LogP contribution is -2.47. The van der Waals surface area contributed by atoms with E-state index in [-0.39, 0.29) is 11.4 Å². The molecule has 0 bridgehead atoms. The van der Waals surface area contributed by atoms with Crippen molar-refractivity contribution in [3.05, 3.63) is 48.3 Å². The third-order valence-corrected chi connectivity index (χ3v) is 8.98. The van der Waals surface area contributed by atoms with Crippen LogP contribution in [0, 0.1) is 23.6 Å². The van der Waals surface area contributed by atoms with Crippen molar-refractivity contribution in [3.8, 4) is 0 Å². The lowest BCUT2D eigenvalue weighted by molar-refractivity contribution is 0.261. The Labute approximate surface area is 160 Å². The van der Waals surface area contributed by atoms with Crippen molar-refractivity contribution in [1.82, 2.24) is 5.32 Å². The molecule has 2 saturated heterocycles. The first-order valence-electron chi connectivity index (χ1n) is 10.3. The molecule has 4 rings (SSSR count). The summed E-state index contributed by atoms with van der Waals surface area (Å²) in [6.07, 6.45) is 8.39. The minimum Gasteiger partial charge on any atom is -0.277 e. The largest absolute Gasteiger partial charge is 0.277 e. The number of hydrogen-bond donors (Lipinski definition) is 1. The Balaban J connectivity index is 1.66. The van der Waals surface area contributed by atoms with Gasteiger partial charge < -0.3 is 0 Å². The van der Waals surface area contributed by atoms with Crippen LogP contribution in [0.25, 0.3) is 0 Å². The molecule has 5 atom stereocenters. The van der Waals surface area contributed by atoms with Crippen LogP contribution >= 0.6 is 10.5 Å². The molecule has 1 aliphatic carbocycles. The van der Waals surface area contributed by atoms with Crippen LogP contribution in [-0.2, 0) is 0 Å². The highest BCUT2D eigenvalue weighted by atomic mass is 32.2.